The average Bonchev–Trinajstić information content (AvgIpc) is 3.35. The minimum absolute atomic E-state index is 0.0922. The van der Waals surface area contributed by atoms with Gasteiger partial charge in [0, 0.05) is 11.8 Å². The van der Waals surface area contributed by atoms with Crippen LogP contribution in [-0.2, 0) is 0 Å². The van der Waals surface area contributed by atoms with Gasteiger partial charge in [-0.05, 0) is 29.8 Å². The zero-order valence-corrected chi connectivity index (χ0v) is 17.7. The van der Waals surface area contributed by atoms with Gasteiger partial charge in [0.25, 0.3) is 5.91 Å². The Bertz CT molecular complexity index is 1240. The molecule has 0 aliphatic carbocycles. The lowest BCUT2D eigenvalue weighted by Gasteiger charge is -2.18. The first-order valence-electron chi connectivity index (χ1n) is 10.6. The van der Waals surface area contributed by atoms with E-state index in [9.17, 15) is 4.79 Å². The molecule has 1 N–H and O–H groups in total. The van der Waals surface area contributed by atoms with E-state index in [1.54, 1.807) is 10.9 Å². The molecule has 1 atom stereocenters. The van der Waals surface area contributed by atoms with Gasteiger partial charge in [0.2, 0.25) is 5.82 Å². The molecule has 6 nitrogen and oxygen atoms in total. The van der Waals surface area contributed by atoms with Crippen molar-refractivity contribution in [3.05, 3.63) is 132 Å². The van der Waals surface area contributed by atoms with Crippen molar-refractivity contribution >= 4 is 5.91 Å². The summed E-state index contributed by atoms with van der Waals surface area (Å²) < 4.78 is 1.70. The summed E-state index contributed by atoms with van der Waals surface area (Å²) in [6, 6.07) is 34.3. The van der Waals surface area contributed by atoms with Crippen molar-refractivity contribution in [2.24, 2.45) is 0 Å². The lowest BCUT2D eigenvalue weighted by Crippen LogP contribution is -2.30. The molecule has 0 radical (unpaired) electrons. The third-order valence-corrected chi connectivity index (χ3v) is 5.23. The van der Waals surface area contributed by atoms with Crippen LogP contribution in [0.3, 0.4) is 0 Å². The van der Waals surface area contributed by atoms with Crippen LogP contribution in [0, 0.1) is 0 Å². The van der Waals surface area contributed by atoms with E-state index in [0.29, 0.717) is 5.82 Å². The Hall–Kier alpha value is -4.58. The molecule has 0 fully saturated rings. The van der Waals surface area contributed by atoms with Gasteiger partial charge >= 0.3 is 0 Å². The maximum Gasteiger partial charge on any atom is 0.291 e. The first-order valence-corrected chi connectivity index (χ1v) is 10.6. The van der Waals surface area contributed by atoms with Crippen LogP contribution in [0.1, 0.15) is 27.9 Å². The molecule has 6 heteroatoms. The molecular formula is C27H21N5O. The van der Waals surface area contributed by atoms with Crippen LogP contribution in [0.2, 0.25) is 0 Å². The van der Waals surface area contributed by atoms with Crippen LogP contribution < -0.4 is 5.32 Å². The van der Waals surface area contributed by atoms with E-state index in [0.717, 1.165) is 22.5 Å². The zero-order chi connectivity index (χ0) is 22.5. The minimum atomic E-state index is -0.427. The summed E-state index contributed by atoms with van der Waals surface area (Å²) in [5.74, 6) is 0.317. The van der Waals surface area contributed by atoms with Gasteiger partial charge < -0.3 is 5.32 Å². The van der Waals surface area contributed by atoms with E-state index in [-0.39, 0.29) is 11.7 Å². The Morgan fingerprint density at radius 2 is 1.39 bits per heavy atom. The number of rotatable bonds is 6. The van der Waals surface area contributed by atoms with Crippen molar-refractivity contribution in [3.63, 3.8) is 0 Å². The van der Waals surface area contributed by atoms with Crippen LogP contribution in [0.5, 0.6) is 0 Å². The predicted molar refractivity (Wildman–Crippen MR) is 127 cm³/mol. The van der Waals surface area contributed by atoms with Crippen LogP contribution >= 0.6 is 0 Å². The Morgan fingerprint density at radius 1 is 0.758 bits per heavy atom. The fourth-order valence-corrected chi connectivity index (χ4v) is 3.65. The zero-order valence-electron chi connectivity index (χ0n) is 17.7. The largest absolute Gasteiger partial charge is 0.337 e. The first kappa shape index (κ1) is 20.3. The Kier molecular flexibility index (Phi) is 5.72. The van der Waals surface area contributed by atoms with Crippen molar-refractivity contribution in [3.8, 4) is 17.1 Å². The number of para-hydroxylation sites is 1. The summed E-state index contributed by atoms with van der Waals surface area (Å²) >= 11 is 0. The topological polar surface area (TPSA) is 72.7 Å². The second-order valence-corrected chi connectivity index (χ2v) is 7.44. The highest BCUT2D eigenvalue weighted by molar-refractivity contribution is 5.91. The van der Waals surface area contributed by atoms with Crippen molar-refractivity contribution < 1.29 is 4.79 Å². The average molecular weight is 431 g/mol. The number of hydrogen-bond donors (Lipinski definition) is 1. The van der Waals surface area contributed by atoms with E-state index < -0.39 is 6.04 Å². The number of aromatic nitrogens is 4. The van der Waals surface area contributed by atoms with Gasteiger partial charge in [0.1, 0.15) is 0 Å². The number of benzene rings is 3. The van der Waals surface area contributed by atoms with Crippen LogP contribution in [-0.4, -0.2) is 25.7 Å². The molecule has 0 aliphatic rings. The molecule has 2 aromatic heterocycles. The molecule has 0 saturated heterocycles. The number of nitrogens with one attached hydrogen (secondary N) is 1. The summed E-state index contributed by atoms with van der Waals surface area (Å²) in [4.78, 5) is 22.4. The quantitative estimate of drug-likeness (QED) is 0.417. The molecule has 5 rings (SSSR count). The van der Waals surface area contributed by atoms with Crippen molar-refractivity contribution in [2.45, 2.75) is 6.04 Å². The summed E-state index contributed by atoms with van der Waals surface area (Å²) in [6.45, 7) is 0. The number of hydrogen-bond acceptors (Lipinski definition) is 4. The fraction of sp³-hybridized carbons (Fsp3) is 0.0370. The number of carbonyl (C=O) groups excluding carboxylic acids is 1. The molecule has 0 spiro atoms. The third-order valence-electron chi connectivity index (χ3n) is 5.23. The molecule has 2 heterocycles. The lowest BCUT2D eigenvalue weighted by molar-refractivity contribution is 0.0932. The normalized spacial score (nSPS) is 11.6. The Labute approximate surface area is 191 Å². The third kappa shape index (κ3) is 4.41. The van der Waals surface area contributed by atoms with E-state index in [2.05, 4.69) is 20.4 Å². The van der Waals surface area contributed by atoms with E-state index >= 15 is 0 Å². The van der Waals surface area contributed by atoms with Gasteiger partial charge in [-0.3, -0.25) is 9.78 Å². The number of nitrogens with zero attached hydrogens (tertiary/aromatic N) is 4. The molecular weight excluding hydrogens is 410 g/mol. The summed E-state index contributed by atoms with van der Waals surface area (Å²) in [5, 5.41) is 7.64. The molecule has 0 saturated carbocycles. The Morgan fingerprint density at radius 3 is 2.06 bits per heavy atom. The lowest BCUT2D eigenvalue weighted by atomic mass is 10.0. The van der Waals surface area contributed by atoms with Crippen LogP contribution in [0.25, 0.3) is 17.1 Å². The summed E-state index contributed by atoms with van der Waals surface area (Å²) in [6.07, 6.45) is 1.72. The van der Waals surface area contributed by atoms with Crippen molar-refractivity contribution in [1.29, 1.82) is 0 Å². The maximum absolute atomic E-state index is 13.4. The smallest absolute Gasteiger partial charge is 0.291 e. The molecule has 160 valence electrons. The second-order valence-electron chi connectivity index (χ2n) is 7.44. The van der Waals surface area contributed by atoms with Crippen molar-refractivity contribution in [2.75, 3.05) is 0 Å². The van der Waals surface area contributed by atoms with Gasteiger partial charge in [-0.2, -0.15) is 0 Å². The molecule has 3 aromatic carbocycles. The standard InChI is InChI=1S/C27H21N5O/c33-27(29-24(20-12-4-1-5-13-20)23-18-10-11-19-28-23)25-30-26(21-14-6-2-7-15-21)32(31-25)22-16-8-3-9-17-22/h1-19,24H,(H,29,33). The van der Waals surface area contributed by atoms with E-state index in [1.807, 2.05) is 109 Å². The SMILES string of the molecule is O=C(NC(c1ccccc1)c1ccccn1)c1nc(-c2ccccc2)n(-c2ccccc2)n1. The summed E-state index contributed by atoms with van der Waals surface area (Å²) in [7, 11) is 0. The first-order chi connectivity index (χ1) is 16.3. The maximum atomic E-state index is 13.4. The van der Waals surface area contributed by atoms with Crippen LogP contribution in [0.15, 0.2) is 115 Å². The summed E-state index contributed by atoms with van der Waals surface area (Å²) in [5.41, 5.74) is 3.36. The monoisotopic (exact) mass is 431 g/mol. The molecule has 0 bridgehead atoms. The molecule has 1 unspecified atom stereocenters. The number of amides is 1. The second kappa shape index (κ2) is 9.28. The molecule has 33 heavy (non-hydrogen) atoms. The van der Waals surface area contributed by atoms with Gasteiger partial charge in [0.05, 0.1) is 17.4 Å². The highest BCUT2D eigenvalue weighted by Crippen LogP contribution is 2.23. The van der Waals surface area contributed by atoms with E-state index in [4.69, 9.17) is 0 Å². The van der Waals surface area contributed by atoms with Gasteiger partial charge in [-0.15, -0.1) is 5.10 Å². The minimum Gasteiger partial charge on any atom is -0.337 e. The predicted octanol–water partition coefficient (Wildman–Crippen LogP) is 4.85. The van der Waals surface area contributed by atoms with Gasteiger partial charge in [-0.25, -0.2) is 9.67 Å². The van der Waals surface area contributed by atoms with Crippen LogP contribution in [0.4, 0.5) is 0 Å². The highest BCUT2D eigenvalue weighted by atomic mass is 16.2. The molecule has 1 amide bonds. The molecule has 0 aliphatic heterocycles. The highest BCUT2D eigenvalue weighted by Gasteiger charge is 2.23. The van der Waals surface area contributed by atoms with Gasteiger partial charge in [0.15, 0.2) is 5.82 Å². The van der Waals surface area contributed by atoms with Crippen molar-refractivity contribution in [1.82, 2.24) is 25.1 Å². The van der Waals surface area contributed by atoms with E-state index in [1.165, 1.54) is 0 Å². The number of carbonyl (C=O) groups is 1. The fourth-order valence-electron chi connectivity index (χ4n) is 3.65. The van der Waals surface area contributed by atoms with Gasteiger partial charge in [-0.1, -0.05) is 84.9 Å². The number of pyridine rings is 1. The Balaban J connectivity index is 1.53. The molecule has 5 aromatic rings.